The van der Waals surface area contributed by atoms with Crippen molar-refractivity contribution in [2.75, 3.05) is 0 Å². The summed E-state index contributed by atoms with van der Waals surface area (Å²) in [4.78, 5) is 10.2. The Kier molecular flexibility index (Phi) is 3.85. The standard InChI is InChI=1S/C10H6ClF5O2/c11-7-3-5(9(12,13)4-8(17)18)1-2-6(7)10(14,15)16/h1-3H,4H2,(H,17,18). The summed E-state index contributed by atoms with van der Waals surface area (Å²) in [7, 11) is 0. The van der Waals surface area contributed by atoms with Gasteiger partial charge in [0.2, 0.25) is 0 Å². The van der Waals surface area contributed by atoms with Gasteiger partial charge in [-0.25, -0.2) is 8.78 Å². The van der Waals surface area contributed by atoms with Gasteiger partial charge in [0.1, 0.15) is 6.42 Å². The molecule has 1 rings (SSSR count). The smallest absolute Gasteiger partial charge is 0.417 e. The van der Waals surface area contributed by atoms with Gasteiger partial charge < -0.3 is 5.11 Å². The topological polar surface area (TPSA) is 37.3 Å². The monoisotopic (exact) mass is 288 g/mol. The van der Waals surface area contributed by atoms with E-state index in [9.17, 15) is 26.7 Å². The first-order valence-electron chi connectivity index (χ1n) is 4.51. The highest BCUT2D eigenvalue weighted by Gasteiger charge is 2.38. The van der Waals surface area contributed by atoms with E-state index in [4.69, 9.17) is 16.7 Å². The normalized spacial score (nSPS) is 12.6. The molecule has 100 valence electrons. The first-order chi connectivity index (χ1) is 8.04. The zero-order chi connectivity index (χ0) is 14.1. The largest absolute Gasteiger partial charge is 0.481 e. The Hall–Kier alpha value is -1.37. The number of benzene rings is 1. The van der Waals surface area contributed by atoms with E-state index >= 15 is 0 Å². The van der Waals surface area contributed by atoms with Gasteiger partial charge in [-0.05, 0) is 12.1 Å². The van der Waals surface area contributed by atoms with E-state index in [1.807, 2.05) is 0 Å². The summed E-state index contributed by atoms with van der Waals surface area (Å²) in [6, 6.07) is 1.33. The SMILES string of the molecule is O=C(O)CC(F)(F)c1ccc(C(F)(F)F)c(Cl)c1. The molecule has 0 aliphatic carbocycles. The fourth-order valence-corrected chi connectivity index (χ4v) is 1.55. The third-order valence-electron chi connectivity index (χ3n) is 2.07. The number of carbonyl (C=O) groups is 1. The first kappa shape index (κ1) is 14.7. The Morgan fingerprint density at radius 2 is 1.78 bits per heavy atom. The maximum atomic E-state index is 13.3. The van der Waals surface area contributed by atoms with Crippen molar-refractivity contribution in [3.8, 4) is 0 Å². The lowest BCUT2D eigenvalue weighted by atomic mass is 10.0. The van der Waals surface area contributed by atoms with Crippen LogP contribution in [0.25, 0.3) is 0 Å². The number of carboxylic acid groups (broad SMARTS) is 1. The molecule has 0 radical (unpaired) electrons. The van der Waals surface area contributed by atoms with Crippen LogP contribution in [0.4, 0.5) is 22.0 Å². The number of carboxylic acids is 1. The summed E-state index contributed by atoms with van der Waals surface area (Å²) in [6.45, 7) is 0. The van der Waals surface area contributed by atoms with Crippen LogP contribution >= 0.6 is 11.6 Å². The van der Waals surface area contributed by atoms with Crippen molar-refractivity contribution >= 4 is 17.6 Å². The molecule has 0 aliphatic rings. The molecule has 0 heterocycles. The highest BCUT2D eigenvalue weighted by atomic mass is 35.5. The van der Waals surface area contributed by atoms with Gasteiger partial charge in [-0.3, -0.25) is 4.79 Å². The molecule has 2 nitrogen and oxygen atoms in total. The summed E-state index contributed by atoms with van der Waals surface area (Å²) < 4.78 is 63.6. The number of aliphatic carboxylic acids is 1. The van der Waals surface area contributed by atoms with Crippen LogP contribution in [-0.4, -0.2) is 11.1 Å². The van der Waals surface area contributed by atoms with Crippen LogP contribution in [0.1, 0.15) is 17.5 Å². The van der Waals surface area contributed by atoms with Crippen molar-refractivity contribution in [2.24, 2.45) is 0 Å². The Morgan fingerprint density at radius 1 is 1.22 bits per heavy atom. The zero-order valence-corrected chi connectivity index (χ0v) is 9.32. The Bertz CT molecular complexity index is 470. The fraction of sp³-hybridized carbons (Fsp3) is 0.300. The van der Waals surface area contributed by atoms with Gasteiger partial charge in [-0.15, -0.1) is 0 Å². The second-order valence-corrected chi connectivity index (χ2v) is 3.87. The van der Waals surface area contributed by atoms with E-state index in [1.165, 1.54) is 0 Å². The van der Waals surface area contributed by atoms with E-state index in [2.05, 4.69) is 0 Å². The van der Waals surface area contributed by atoms with Gasteiger partial charge in [0.25, 0.3) is 5.92 Å². The quantitative estimate of drug-likeness (QED) is 0.856. The Balaban J connectivity index is 3.15. The number of hydrogen-bond donors (Lipinski definition) is 1. The van der Waals surface area contributed by atoms with Gasteiger partial charge in [0.05, 0.1) is 10.6 Å². The minimum atomic E-state index is -4.75. The van der Waals surface area contributed by atoms with Gasteiger partial charge >= 0.3 is 12.1 Å². The average Bonchev–Trinajstić information content (AvgIpc) is 2.13. The predicted molar refractivity (Wildman–Crippen MR) is 52.6 cm³/mol. The third kappa shape index (κ3) is 3.32. The van der Waals surface area contributed by atoms with Crippen LogP contribution in [0.5, 0.6) is 0 Å². The fourth-order valence-electron chi connectivity index (χ4n) is 1.26. The van der Waals surface area contributed by atoms with E-state index in [-0.39, 0.29) is 0 Å². The average molecular weight is 289 g/mol. The van der Waals surface area contributed by atoms with Gasteiger partial charge in [-0.2, -0.15) is 13.2 Å². The van der Waals surface area contributed by atoms with Crippen molar-refractivity contribution in [3.63, 3.8) is 0 Å². The molecule has 0 atom stereocenters. The predicted octanol–water partition coefficient (Wildman–Crippen LogP) is 3.93. The minimum absolute atomic E-state index is 0.396. The molecule has 1 aromatic rings. The molecular formula is C10H6ClF5O2. The van der Waals surface area contributed by atoms with Crippen LogP contribution in [-0.2, 0) is 16.9 Å². The molecular weight excluding hydrogens is 283 g/mol. The Morgan fingerprint density at radius 3 is 2.17 bits per heavy atom. The number of rotatable bonds is 3. The number of halogens is 6. The van der Waals surface area contributed by atoms with Crippen molar-refractivity contribution in [3.05, 3.63) is 34.3 Å². The highest BCUT2D eigenvalue weighted by molar-refractivity contribution is 6.31. The van der Waals surface area contributed by atoms with E-state index in [0.29, 0.717) is 18.2 Å². The molecule has 1 N–H and O–H groups in total. The molecule has 0 saturated carbocycles. The second-order valence-electron chi connectivity index (χ2n) is 3.47. The third-order valence-corrected chi connectivity index (χ3v) is 2.38. The summed E-state index contributed by atoms with van der Waals surface area (Å²) in [6.07, 6.45) is -6.27. The van der Waals surface area contributed by atoms with Crippen LogP contribution in [0, 0.1) is 0 Å². The summed E-state index contributed by atoms with van der Waals surface area (Å²) in [5.74, 6) is -5.55. The number of alkyl halides is 5. The molecule has 0 saturated heterocycles. The molecule has 0 unspecified atom stereocenters. The Labute approximate surface area is 103 Å². The lowest BCUT2D eigenvalue weighted by molar-refractivity contribution is -0.146. The molecule has 0 amide bonds. The minimum Gasteiger partial charge on any atom is -0.481 e. The van der Waals surface area contributed by atoms with Crippen molar-refractivity contribution in [1.29, 1.82) is 0 Å². The summed E-state index contributed by atoms with van der Waals surface area (Å²) >= 11 is 5.26. The molecule has 1 aromatic carbocycles. The lowest BCUT2D eigenvalue weighted by Gasteiger charge is -2.16. The molecule has 0 fully saturated rings. The summed E-state index contributed by atoms with van der Waals surface area (Å²) in [5.41, 5.74) is -2.12. The highest BCUT2D eigenvalue weighted by Crippen LogP contribution is 2.39. The van der Waals surface area contributed by atoms with Crippen LogP contribution in [0.3, 0.4) is 0 Å². The van der Waals surface area contributed by atoms with Crippen LogP contribution in [0.2, 0.25) is 5.02 Å². The molecule has 18 heavy (non-hydrogen) atoms. The molecule has 0 spiro atoms. The first-order valence-corrected chi connectivity index (χ1v) is 4.88. The van der Waals surface area contributed by atoms with E-state index in [1.54, 1.807) is 0 Å². The molecule has 0 aliphatic heterocycles. The van der Waals surface area contributed by atoms with Crippen LogP contribution in [0.15, 0.2) is 18.2 Å². The van der Waals surface area contributed by atoms with Crippen molar-refractivity contribution in [1.82, 2.24) is 0 Å². The van der Waals surface area contributed by atoms with Gasteiger partial charge in [0, 0.05) is 5.56 Å². The number of hydrogen-bond acceptors (Lipinski definition) is 1. The summed E-state index contributed by atoms with van der Waals surface area (Å²) in [5, 5.41) is 7.37. The van der Waals surface area contributed by atoms with E-state index in [0.717, 1.165) is 0 Å². The molecule has 0 aromatic heterocycles. The maximum Gasteiger partial charge on any atom is 0.417 e. The van der Waals surface area contributed by atoms with Gasteiger partial charge in [0.15, 0.2) is 0 Å². The maximum absolute atomic E-state index is 13.3. The van der Waals surface area contributed by atoms with Crippen molar-refractivity contribution < 1.29 is 31.9 Å². The molecule has 0 bridgehead atoms. The van der Waals surface area contributed by atoms with Gasteiger partial charge in [-0.1, -0.05) is 17.7 Å². The second kappa shape index (κ2) is 4.72. The molecule has 8 heteroatoms. The lowest BCUT2D eigenvalue weighted by Crippen LogP contribution is -2.19. The van der Waals surface area contributed by atoms with E-state index < -0.39 is 40.6 Å². The zero-order valence-electron chi connectivity index (χ0n) is 8.56. The van der Waals surface area contributed by atoms with Crippen LogP contribution < -0.4 is 0 Å². The van der Waals surface area contributed by atoms with Crippen molar-refractivity contribution in [2.45, 2.75) is 18.5 Å².